The van der Waals surface area contributed by atoms with Crippen LogP contribution >= 0.6 is 31.9 Å². The van der Waals surface area contributed by atoms with E-state index >= 15 is 0 Å². The lowest BCUT2D eigenvalue weighted by Crippen LogP contribution is -2.60. The van der Waals surface area contributed by atoms with E-state index in [9.17, 15) is 57.8 Å². The topological polar surface area (TPSA) is 347 Å². The number of ether oxygens (including phenoxy) is 3. The highest BCUT2D eigenvalue weighted by atomic mass is 79.9. The van der Waals surface area contributed by atoms with Gasteiger partial charge in [0, 0.05) is 68.9 Å². The Labute approximate surface area is 569 Å². The van der Waals surface area contributed by atoms with Crippen molar-refractivity contribution in [2.24, 2.45) is 35.3 Å². The van der Waals surface area contributed by atoms with Gasteiger partial charge in [-0.25, -0.2) is 9.59 Å². The van der Waals surface area contributed by atoms with Crippen molar-refractivity contribution in [2.75, 3.05) is 63.9 Å². The first kappa shape index (κ1) is 79.4. The Kier molecular flexibility index (Phi) is 32.0. The zero-order chi connectivity index (χ0) is 70.4. The largest absolute Gasteiger partial charge is 0.445 e. The number of methoxy groups -OCH3 is 2. The van der Waals surface area contributed by atoms with E-state index < -0.39 is 144 Å². The number of nitrogens with zero attached hydrogens (tertiary/aromatic N) is 4. The smallest absolute Gasteiger partial charge is 0.410 e. The molecule has 2 aromatic carbocycles. The van der Waals surface area contributed by atoms with Gasteiger partial charge in [0.25, 0.3) is 11.8 Å². The van der Waals surface area contributed by atoms with E-state index in [-0.39, 0.29) is 72.0 Å². The number of nitrogens with one attached hydrogen (secondary N) is 6. The number of rotatable bonds is 36. The summed E-state index contributed by atoms with van der Waals surface area (Å²) in [5, 5.41) is 27.5. The fraction of sp³-hybridized carbons (Fsp3) is 0.621. The zero-order valence-corrected chi connectivity index (χ0v) is 59.8. The van der Waals surface area contributed by atoms with E-state index in [0.717, 1.165) is 9.80 Å². The maximum Gasteiger partial charge on any atom is 0.410 e. The van der Waals surface area contributed by atoms with Crippen LogP contribution in [-0.2, 0) is 64.0 Å². The number of alkyl halides is 2. The van der Waals surface area contributed by atoms with Crippen molar-refractivity contribution in [3.8, 4) is 0 Å². The molecule has 0 spiro atoms. The van der Waals surface area contributed by atoms with Crippen LogP contribution in [0, 0.1) is 29.6 Å². The number of halogens is 2. The highest BCUT2D eigenvalue weighted by Crippen LogP contribution is 2.31. The number of benzene rings is 2. The van der Waals surface area contributed by atoms with Crippen LogP contribution in [0.3, 0.4) is 0 Å². The SMILES string of the molecule is CC[C@H](C)[C@@H]([C@@H](CC(=O)N1CCC[C@H]1[C@H](OC)[C@@H](C)C(=O)N[C@H](C)[C@@H](O)c1ccccc1)OC)N(C)C(=O)[C@@H](NC(=O)[C@H](C(C)C)N(C)C(=O)OCc1ccc(NC(=O)[C@H](CCCNC(N)=O)NC(=O)[C@@H](NC(=O)CN2C(=O)C(CBr)=C(CBr)C2=O)C(C)C)cc1)C(C)C. The molecule has 1 saturated heterocycles. The molecule has 26 nitrogen and oxygen atoms in total. The van der Waals surface area contributed by atoms with Gasteiger partial charge < -0.3 is 66.8 Å². The quantitative estimate of drug-likeness (QED) is 0.0252. The van der Waals surface area contributed by atoms with E-state index in [2.05, 4.69) is 63.8 Å². The third kappa shape index (κ3) is 21.5. The second-order valence-corrected chi connectivity index (χ2v) is 26.3. The summed E-state index contributed by atoms with van der Waals surface area (Å²) in [6.07, 6.45) is -1.23. The zero-order valence-electron chi connectivity index (χ0n) is 56.6. The van der Waals surface area contributed by atoms with Crippen molar-refractivity contribution in [1.82, 2.24) is 46.2 Å². The Morgan fingerprint density at radius 3 is 1.87 bits per heavy atom. The molecule has 9 N–H and O–H groups in total. The Balaban J connectivity index is 1.40. The molecule has 0 saturated carbocycles. The molecule has 0 bridgehead atoms. The maximum absolute atomic E-state index is 14.8. The fourth-order valence-corrected chi connectivity index (χ4v) is 13.0. The molecule has 0 aliphatic carbocycles. The molecule has 28 heteroatoms. The maximum atomic E-state index is 14.8. The molecule has 4 rings (SSSR count). The van der Waals surface area contributed by atoms with Crippen molar-refractivity contribution in [1.29, 1.82) is 0 Å². The standard InChI is InChI=1S/C66H99Br2N11O15/c1-15-39(8)55(49(92-13)31-51(81)78-30-20-24-48(78)57(93-14)40(9)58(83)71-41(10)56(82)43-21-17-16-18-22-43)76(11)64(89)53(37(4)5)75-61(86)54(38(6)7)77(12)66(91)94-35-42-25-27-44(28-26-42)72-59(84)47(23-19-29-70-65(69)90)73-60(85)52(36(2)3)74-50(80)34-79-62(87)45(32-67)46(33-68)63(79)88/h16-18,21-22,25-28,36-41,47-49,52-57,82H,15,19-20,23-24,29-35H2,1-14H3,(H,71,83)(H,72,84)(H,73,85)(H,74,80)(H,75,86)(H3,69,70,90)/t39-,40+,41+,47-,48-,49+,52-,53-,54-,55-,56+,57+/m0/s1. The van der Waals surface area contributed by atoms with Gasteiger partial charge >= 0.3 is 12.1 Å². The third-order valence-corrected chi connectivity index (χ3v) is 18.6. The first-order valence-corrected chi connectivity index (χ1v) is 34.2. The Bertz CT molecular complexity index is 2950. The van der Waals surface area contributed by atoms with E-state index in [1.807, 2.05) is 32.0 Å². The van der Waals surface area contributed by atoms with Crippen molar-refractivity contribution in [3.63, 3.8) is 0 Å². The van der Waals surface area contributed by atoms with Gasteiger partial charge in [0.2, 0.25) is 41.4 Å². The van der Waals surface area contributed by atoms with Gasteiger partial charge in [-0.15, -0.1) is 0 Å². The van der Waals surface area contributed by atoms with Gasteiger partial charge in [-0.2, -0.15) is 0 Å². The van der Waals surface area contributed by atoms with E-state index in [4.69, 9.17) is 19.9 Å². The van der Waals surface area contributed by atoms with Crippen molar-refractivity contribution < 1.29 is 72.1 Å². The van der Waals surface area contributed by atoms with Crippen LogP contribution in [-0.4, -0.2) is 203 Å². The molecule has 522 valence electrons. The van der Waals surface area contributed by atoms with Gasteiger partial charge in [-0.3, -0.25) is 53.0 Å². The minimum absolute atomic E-state index is 0.0241. The molecule has 12 atom stereocenters. The Morgan fingerprint density at radius 1 is 0.734 bits per heavy atom. The van der Waals surface area contributed by atoms with Gasteiger partial charge in [0.15, 0.2) is 0 Å². The fourth-order valence-electron chi connectivity index (χ4n) is 11.9. The summed E-state index contributed by atoms with van der Waals surface area (Å²) >= 11 is 6.42. The predicted octanol–water partition coefficient (Wildman–Crippen LogP) is 5.05. The van der Waals surface area contributed by atoms with E-state index in [1.54, 1.807) is 109 Å². The molecule has 2 aliphatic rings. The summed E-state index contributed by atoms with van der Waals surface area (Å²) in [6, 6.07) is 8.29. The number of nitrogens with two attached hydrogens (primary N) is 1. The number of primary amides is 1. The normalized spacial score (nSPS) is 17.6. The summed E-state index contributed by atoms with van der Waals surface area (Å²) in [4.78, 5) is 155. The van der Waals surface area contributed by atoms with Gasteiger partial charge in [-0.05, 0) is 79.5 Å². The molecule has 0 aromatic heterocycles. The third-order valence-electron chi connectivity index (χ3n) is 17.5. The number of hydrogen-bond donors (Lipinski definition) is 8. The van der Waals surface area contributed by atoms with Crippen molar-refractivity contribution in [2.45, 2.75) is 175 Å². The lowest BCUT2D eigenvalue weighted by Gasteiger charge is -2.41. The average molecular weight is 1450 g/mol. The summed E-state index contributed by atoms with van der Waals surface area (Å²) in [5.74, 6) is -7.31. The molecule has 0 radical (unpaired) electrons. The molecule has 2 aromatic rings. The number of carbonyl (C=O) groups is 11. The first-order valence-electron chi connectivity index (χ1n) is 32.0. The minimum Gasteiger partial charge on any atom is -0.445 e. The highest BCUT2D eigenvalue weighted by molar-refractivity contribution is 9.09. The number of hydrogen-bond acceptors (Lipinski definition) is 15. The lowest BCUT2D eigenvalue weighted by atomic mass is 9.89. The Hall–Kier alpha value is -7.01. The summed E-state index contributed by atoms with van der Waals surface area (Å²) in [7, 11) is 6.05. The predicted molar refractivity (Wildman–Crippen MR) is 360 cm³/mol. The Morgan fingerprint density at radius 2 is 1.34 bits per heavy atom. The summed E-state index contributed by atoms with van der Waals surface area (Å²) in [5.41, 5.74) is 7.12. The number of aliphatic hydroxyl groups is 1. The molecule has 12 amide bonds. The highest BCUT2D eigenvalue weighted by Gasteiger charge is 2.45. The van der Waals surface area contributed by atoms with Crippen LogP contribution in [0.4, 0.5) is 15.3 Å². The van der Waals surface area contributed by atoms with Crippen LogP contribution in [0.2, 0.25) is 0 Å². The van der Waals surface area contributed by atoms with Crippen molar-refractivity contribution in [3.05, 3.63) is 76.9 Å². The number of anilines is 1. The van der Waals surface area contributed by atoms with Crippen LogP contribution < -0.4 is 37.6 Å². The van der Waals surface area contributed by atoms with Crippen LogP contribution in [0.1, 0.15) is 125 Å². The average Bonchev–Trinajstić information content (AvgIpc) is 1.58. The van der Waals surface area contributed by atoms with E-state index in [0.29, 0.717) is 42.6 Å². The van der Waals surface area contributed by atoms with Crippen LogP contribution in [0.5, 0.6) is 0 Å². The monoisotopic (exact) mass is 1440 g/mol. The number of imide groups is 1. The number of amides is 12. The molecule has 2 heterocycles. The van der Waals surface area contributed by atoms with Crippen molar-refractivity contribution >= 4 is 103 Å². The first-order chi connectivity index (χ1) is 44.4. The summed E-state index contributed by atoms with van der Waals surface area (Å²) < 4.78 is 17.7. The molecule has 2 aliphatic heterocycles. The second kappa shape index (κ2) is 37.9. The molecular formula is C66H99Br2N11O15. The minimum atomic E-state index is -1.20. The molecule has 0 unspecified atom stereocenters. The van der Waals surface area contributed by atoms with Gasteiger partial charge in [0.1, 0.15) is 37.3 Å². The number of likely N-dealkylation sites (tertiary alicyclic amines) is 1. The van der Waals surface area contributed by atoms with Gasteiger partial charge in [0.05, 0.1) is 48.8 Å². The number of aliphatic hydroxyl groups excluding tert-OH is 1. The summed E-state index contributed by atoms with van der Waals surface area (Å²) in [6.45, 7) is 17.4. The number of carbonyl (C=O) groups excluding carboxylic acids is 11. The van der Waals surface area contributed by atoms with Gasteiger partial charge in [-0.1, -0.05) is 143 Å². The molecule has 94 heavy (non-hydrogen) atoms. The van der Waals surface area contributed by atoms with Crippen LogP contribution in [0.25, 0.3) is 0 Å². The van der Waals surface area contributed by atoms with Crippen LogP contribution in [0.15, 0.2) is 65.7 Å². The molecular weight excluding hydrogens is 1350 g/mol. The molecule has 1 fully saturated rings. The van der Waals surface area contributed by atoms with E-state index in [1.165, 1.54) is 21.3 Å². The second-order valence-electron chi connectivity index (χ2n) is 25.2. The number of likely N-dealkylation sites (N-methyl/N-ethyl adjacent to an activating group) is 2. The number of urea groups is 1. The lowest BCUT2D eigenvalue weighted by molar-refractivity contribution is -0.148.